The average molecular weight is 278 g/mol. The average Bonchev–Trinajstić information content (AvgIpc) is 2.82. The molecule has 104 valence electrons. The zero-order chi connectivity index (χ0) is 14.8. The van der Waals surface area contributed by atoms with E-state index in [1.54, 1.807) is 19.2 Å². The summed E-state index contributed by atoms with van der Waals surface area (Å²) in [6, 6.07) is 15.3. The number of methoxy groups -OCH3 is 1. The summed E-state index contributed by atoms with van der Waals surface area (Å²) in [6.45, 7) is 0.578. The molecule has 2 N–H and O–H groups in total. The van der Waals surface area contributed by atoms with Crippen molar-refractivity contribution < 1.29 is 4.74 Å². The summed E-state index contributed by atoms with van der Waals surface area (Å²) in [5, 5.41) is 9.03. The van der Waals surface area contributed by atoms with Crippen LogP contribution in [0.4, 0.5) is 5.95 Å². The van der Waals surface area contributed by atoms with Crippen LogP contribution in [0.1, 0.15) is 11.1 Å². The summed E-state index contributed by atoms with van der Waals surface area (Å²) in [4.78, 5) is 4.33. The van der Waals surface area contributed by atoms with E-state index >= 15 is 0 Å². The van der Waals surface area contributed by atoms with Gasteiger partial charge >= 0.3 is 0 Å². The van der Waals surface area contributed by atoms with Crippen molar-refractivity contribution in [3.8, 4) is 11.8 Å². The lowest BCUT2D eigenvalue weighted by Gasteiger charge is -2.08. The van der Waals surface area contributed by atoms with Gasteiger partial charge in [0.15, 0.2) is 0 Å². The molecule has 21 heavy (non-hydrogen) atoms. The van der Waals surface area contributed by atoms with E-state index in [-0.39, 0.29) is 0 Å². The van der Waals surface area contributed by atoms with Gasteiger partial charge in [-0.1, -0.05) is 12.1 Å². The molecule has 3 rings (SSSR count). The highest BCUT2D eigenvalue weighted by Crippen LogP contribution is 2.22. The van der Waals surface area contributed by atoms with Gasteiger partial charge in [0.2, 0.25) is 5.95 Å². The number of nitriles is 1. The van der Waals surface area contributed by atoms with Crippen LogP contribution >= 0.6 is 0 Å². The number of aromatic nitrogens is 2. The molecule has 1 aromatic heterocycles. The molecule has 1 heterocycles. The van der Waals surface area contributed by atoms with E-state index in [0.717, 1.165) is 22.3 Å². The molecule has 0 amide bonds. The number of fused-ring (bicyclic) bond motifs is 1. The molecular weight excluding hydrogens is 264 g/mol. The Morgan fingerprint density at radius 3 is 2.90 bits per heavy atom. The molecule has 0 aliphatic carbocycles. The minimum atomic E-state index is 0.433. The van der Waals surface area contributed by atoms with Crippen LogP contribution in [0.15, 0.2) is 42.5 Å². The second-order valence-electron chi connectivity index (χ2n) is 4.72. The lowest BCUT2D eigenvalue weighted by Crippen LogP contribution is -2.04. The highest BCUT2D eigenvalue weighted by molar-refractivity contribution is 5.80. The van der Waals surface area contributed by atoms with Gasteiger partial charge in [0.05, 0.1) is 36.3 Å². The summed E-state index contributed by atoms with van der Waals surface area (Å²) in [6.07, 6.45) is 0. The number of nitrogens with zero attached hydrogens (tertiary/aromatic N) is 3. The molecule has 3 aromatic rings. The number of rotatable bonds is 3. The van der Waals surface area contributed by atoms with Crippen LogP contribution in [0.5, 0.6) is 5.75 Å². The van der Waals surface area contributed by atoms with Crippen molar-refractivity contribution in [2.45, 2.75) is 6.54 Å². The second kappa shape index (κ2) is 5.17. The first kappa shape index (κ1) is 13.0. The fraction of sp³-hybridized carbons (Fsp3) is 0.125. The van der Waals surface area contributed by atoms with E-state index in [2.05, 4.69) is 11.1 Å². The Bertz CT molecular complexity index is 845. The van der Waals surface area contributed by atoms with Gasteiger partial charge in [0.1, 0.15) is 5.75 Å². The second-order valence-corrected chi connectivity index (χ2v) is 4.72. The summed E-state index contributed by atoms with van der Waals surface area (Å²) in [7, 11) is 1.64. The van der Waals surface area contributed by atoms with Gasteiger partial charge in [-0.15, -0.1) is 0 Å². The van der Waals surface area contributed by atoms with E-state index in [1.165, 1.54) is 0 Å². The predicted octanol–water partition coefficient (Wildman–Crippen LogP) is 2.55. The molecule has 5 heteroatoms. The molecule has 0 atom stereocenters. The molecule has 5 nitrogen and oxygen atoms in total. The molecule has 0 unspecified atom stereocenters. The first-order valence-corrected chi connectivity index (χ1v) is 6.50. The Morgan fingerprint density at radius 1 is 1.29 bits per heavy atom. The van der Waals surface area contributed by atoms with Crippen LogP contribution in [0.25, 0.3) is 11.0 Å². The van der Waals surface area contributed by atoms with Crippen LogP contribution in [0.3, 0.4) is 0 Å². The molecule has 0 radical (unpaired) electrons. The SMILES string of the molecule is COc1cccc(Cn2c(N)nc3ccc(C#N)cc32)c1. The van der Waals surface area contributed by atoms with E-state index in [9.17, 15) is 0 Å². The Hall–Kier alpha value is -3.00. The largest absolute Gasteiger partial charge is 0.497 e. The van der Waals surface area contributed by atoms with Crippen LogP contribution in [0, 0.1) is 11.3 Å². The first-order chi connectivity index (χ1) is 10.2. The van der Waals surface area contributed by atoms with E-state index in [0.29, 0.717) is 18.1 Å². The summed E-state index contributed by atoms with van der Waals surface area (Å²) in [5.74, 6) is 1.23. The molecule has 0 aliphatic heterocycles. The minimum absolute atomic E-state index is 0.433. The zero-order valence-corrected chi connectivity index (χ0v) is 11.6. The lowest BCUT2D eigenvalue weighted by atomic mass is 10.2. The number of anilines is 1. The monoisotopic (exact) mass is 278 g/mol. The van der Waals surface area contributed by atoms with Crippen molar-refractivity contribution in [3.63, 3.8) is 0 Å². The van der Waals surface area contributed by atoms with Crippen LogP contribution < -0.4 is 10.5 Å². The number of imidazole rings is 1. The van der Waals surface area contributed by atoms with Crippen molar-refractivity contribution in [3.05, 3.63) is 53.6 Å². The predicted molar refractivity (Wildman–Crippen MR) is 81.0 cm³/mol. The third kappa shape index (κ3) is 2.39. The van der Waals surface area contributed by atoms with Crippen LogP contribution in [-0.4, -0.2) is 16.7 Å². The molecule has 0 saturated heterocycles. The van der Waals surface area contributed by atoms with Crippen molar-refractivity contribution in [1.82, 2.24) is 9.55 Å². The highest BCUT2D eigenvalue weighted by atomic mass is 16.5. The van der Waals surface area contributed by atoms with Crippen molar-refractivity contribution in [1.29, 1.82) is 5.26 Å². The maximum Gasteiger partial charge on any atom is 0.201 e. The first-order valence-electron chi connectivity index (χ1n) is 6.50. The van der Waals surface area contributed by atoms with Gasteiger partial charge in [-0.2, -0.15) is 5.26 Å². The van der Waals surface area contributed by atoms with Gasteiger partial charge in [-0.05, 0) is 35.9 Å². The zero-order valence-electron chi connectivity index (χ0n) is 11.6. The van der Waals surface area contributed by atoms with E-state index in [1.807, 2.05) is 34.9 Å². The summed E-state index contributed by atoms with van der Waals surface area (Å²) < 4.78 is 7.12. The van der Waals surface area contributed by atoms with E-state index < -0.39 is 0 Å². The molecule has 2 aromatic carbocycles. The molecule has 0 spiro atoms. The normalized spacial score (nSPS) is 10.5. The fourth-order valence-electron chi connectivity index (χ4n) is 2.33. The molecule has 0 bridgehead atoms. The Morgan fingerprint density at radius 2 is 2.14 bits per heavy atom. The molecular formula is C16H14N4O. The van der Waals surface area contributed by atoms with Gasteiger partial charge in [0.25, 0.3) is 0 Å². The number of hydrogen-bond acceptors (Lipinski definition) is 4. The van der Waals surface area contributed by atoms with Crippen molar-refractivity contribution in [2.24, 2.45) is 0 Å². The number of ether oxygens (including phenoxy) is 1. The number of nitrogens with two attached hydrogens (primary N) is 1. The quantitative estimate of drug-likeness (QED) is 0.798. The third-order valence-corrected chi connectivity index (χ3v) is 3.38. The highest BCUT2D eigenvalue weighted by Gasteiger charge is 2.09. The number of nitrogen functional groups attached to an aromatic ring is 1. The van der Waals surface area contributed by atoms with Gasteiger partial charge < -0.3 is 15.0 Å². The van der Waals surface area contributed by atoms with Crippen LogP contribution in [-0.2, 0) is 6.54 Å². The third-order valence-electron chi connectivity index (χ3n) is 3.38. The molecule has 0 saturated carbocycles. The lowest BCUT2D eigenvalue weighted by molar-refractivity contribution is 0.414. The van der Waals surface area contributed by atoms with Gasteiger partial charge in [0, 0.05) is 0 Å². The number of benzene rings is 2. The Kier molecular flexibility index (Phi) is 3.20. The fourth-order valence-corrected chi connectivity index (χ4v) is 2.33. The Balaban J connectivity index is 2.07. The standard InChI is InChI=1S/C16H14N4O/c1-21-13-4-2-3-12(7-13)10-20-15-8-11(9-17)5-6-14(15)19-16(20)18/h2-8H,10H2,1H3,(H2,18,19). The summed E-state index contributed by atoms with van der Waals surface area (Å²) >= 11 is 0. The van der Waals surface area contributed by atoms with E-state index in [4.69, 9.17) is 15.7 Å². The summed E-state index contributed by atoms with van der Waals surface area (Å²) in [5.41, 5.74) is 9.29. The maximum absolute atomic E-state index is 9.03. The molecule has 0 aliphatic rings. The van der Waals surface area contributed by atoms with Gasteiger partial charge in [-0.3, -0.25) is 0 Å². The van der Waals surface area contributed by atoms with Crippen LogP contribution in [0.2, 0.25) is 0 Å². The maximum atomic E-state index is 9.03. The Labute approximate surface area is 122 Å². The topological polar surface area (TPSA) is 76.9 Å². The minimum Gasteiger partial charge on any atom is -0.497 e. The van der Waals surface area contributed by atoms with Gasteiger partial charge in [-0.25, -0.2) is 4.98 Å². The molecule has 0 fully saturated rings. The number of hydrogen-bond donors (Lipinski definition) is 1. The van der Waals surface area contributed by atoms with Crippen molar-refractivity contribution >= 4 is 17.0 Å². The van der Waals surface area contributed by atoms with Crippen molar-refractivity contribution in [2.75, 3.05) is 12.8 Å². The smallest absolute Gasteiger partial charge is 0.201 e.